The third-order valence-corrected chi connectivity index (χ3v) is 1.40. The largest absolute Gasteiger partial charge is 0.323 e. The number of rotatable bonds is 1. The van der Waals surface area contributed by atoms with Gasteiger partial charge in [-0.2, -0.15) is 4.37 Å². The van der Waals surface area contributed by atoms with E-state index in [1.807, 2.05) is 20.8 Å². The minimum atomic E-state index is -0.0677. The van der Waals surface area contributed by atoms with E-state index in [9.17, 15) is 4.79 Å². The fourth-order valence-corrected chi connectivity index (χ4v) is 0.944. The molecular formula is C6H12N2OS. The molecule has 0 aliphatic rings. The van der Waals surface area contributed by atoms with Crippen molar-refractivity contribution in [1.82, 2.24) is 9.36 Å². The number of H-pyrrole nitrogens is 1. The Balaban J connectivity index is 0.000000371. The fourth-order valence-electron chi connectivity index (χ4n) is 0.413. The lowest BCUT2D eigenvalue weighted by Crippen LogP contribution is -1.93. The standard InChI is InChI=1S/C4H6N2OS.C2H6/c1-2-3-5-4(7)8-6-3;1-2/h2H2,1H3,(H,5,6,7);1-2H3. The molecule has 1 heterocycles. The van der Waals surface area contributed by atoms with Gasteiger partial charge in [-0.1, -0.05) is 20.8 Å². The minimum absolute atomic E-state index is 0.0677. The van der Waals surface area contributed by atoms with Gasteiger partial charge in [0, 0.05) is 18.0 Å². The van der Waals surface area contributed by atoms with Gasteiger partial charge in [0.05, 0.1) is 0 Å². The van der Waals surface area contributed by atoms with Crippen molar-refractivity contribution in [3.05, 3.63) is 15.5 Å². The van der Waals surface area contributed by atoms with Crippen molar-refractivity contribution in [1.29, 1.82) is 0 Å². The molecule has 10 heavy (non-hydrogen) atoms. The normalized spacial score (nSPS) is 8.30. The number of hydrogen-bond acceptors (Lipinski definition) is 3. The lowest BCUT2D eigenvalue weighted by Gasteiger charge is -1.77. The molecule has 0 radical (unpaired) electrons. The van der Waals surface area contributed by atoms with Gasteiger partial charge in [-0.25, -0.2) is 0 Å². The van der Waals surface area contributed by atoms with Crippen molar-refractivity contribution in [2.45, 2.75) is 27.2 Å². The van der Waals surface area contributed by atoms with Crippen molar-refractivity contribution in [2.24, 2.45) is 0 Å². The van der Waals surface area contributed by atoms with Gasteiger partial charge in [0.15, 0.2) is 0 Å². The predicted molar refractivity (Wildman–Crippen MR) is 43.5 cm³/mol. The molecule has 58 valence electrons. The monoisotopic (exact) mass is 160 g/mol. The summed E-state index contributed by atoms with van der Waals surface area (Å²) in [5.41, 5.74) is 0. The van der Waals surface area contributed by atoms with Gasteiger partial charge in [-0.15, -0.1) is 0 Å². The molecule has 1 rings (SSSR count). The van der Waals surface area contributed by atoms with E-state index in [4.69, 9.17) is 0 Å². The van der Waals surface area contributed by atoms with Crippen molar-refractivity contribution in [3.63, 3.8) is 0 Å². The van der Waals surface area contributed by atoms with Crippen LogP contribution in [0.4, 0.5) is 0 Å². The number of aryl methyl sites for hydroxylation is 1. The smallest absolute Gasteiger partial charge is 0.300 e. The molecule has 0 saturated heterocycles. The Morgan fingerprint density at radius 1 is 1.60 bits per heavy atom. The Bertz CT molecular complexity index is 216. The summed E-state index contributed by atoms with van der Waals surface area (Å²) in [6, 6.07) is 0. The summed E-state index contributed by atoms with van der Waals surface area (Å²) >= 11 is 0.968. The van der Waals surface area contributed by atoms with E-state index >= 15 is 0 Å². The second-order valence-corrected chi connectivity index (χ2v) is 2.13. The summed E-state index contributed by atoms with van der Waals surface area (Å²) in [7, 11) is 0. The molecular weight excluding hydrogens is 148 g/mol. The highest BCUT2D eigenvalue weighted by atomic mass is 32.1. The van der Waals surface area contributed by atoms with Gasteiger partial charge in [-0.3, -0.25) is 9.78 Å². The van der Waals surface area contributed by atoms with Crippen LogP contribution in [0, 0.1) is 0 Å². The number of nitrogens with one attached hydrogen (secondary N) is 1. The molecule has 1 aromatic heterocycles. The Morgan fingerprint density at radius 3 is 2.40 bits per heavy atom. The molecule has 1 aromatic rings. The lowest BCUT2D eigenvalue weighted by molar-refractivity contribution is 0.989. The maximum atomic E-state index is 10.3. The van der Waals surface area contributed by atoms with E-state index < -0.39 is 0 Å². The highest BCUT2D eigenvalue weighted by Gasteiger charge is 1.90. The van der Waals surface area contributed by atoms with Crippen LogP contribution in [0.15, 0.2) is 4.79 Å². The second-order valence-electron chi connectivity index (χ2n) is 1.40. The first-order valence-electron chi connectivity index (χ1n) is 3.38. The molecule has 0 aliphatic carbocycles. The summed E-state index contributed by atoms with van der Waals surface area (Å²) in [6.07, 6.45) is 0.804. The number of aromatic nitrogens is 2. The van der Waals surface area contributed by atoms with E-state index in [-0.39, 0.29) is 4.87 Å². The minimum Gasteiger partial charge on any atom is -0.300 e. The third-order valence-electron chi connectivity index (χ3n) is 0.820. The van der Waals surface area contributed by atoms with Crippen molar-refractivity contribution in [3.8, 4) is 0 Å². The average molecular weight is 160 g/mol. The van der Waals surface area contributed by atoms with Gasteiger partial charge in [0.1, 0.15) is 5.82 Å². The molecule has 0 fully saturated rings. The van der Waals surface area contributed by atoms with Crippen LogP contribution < -0.4 is 4.87 Å². The van der Waals surface area contributed by atoms with Crippen LogP contribution in [0.2, 0.25) is 0 Å². The van der Waals surface area contributed by atoms with E-state index in [2.05, 4.69) is 9.36 Å². The van der Waals surface area contributed by atoms with Gasteiger partial charge in [0.2, 0.25) is 0 Å². The lowest BCUT2D eigenvalue weighted by atomic mass is 10.5. The molecule has 0 atom stereocenters. The molecule has 0 bridgehead atoms. The quantitative estimate of drug-likeness (QED) is 0.675. The Kier molecular flexibility index (Phi) is 4.84. The Hall–Kier alpha value is -0.640. The Morgan fingerprint density at radius 2 is 2.20 bits per heavy atom. The molecule has 0 aliphatic heterocycles. The molecule has 0 spiro atoms. The summed E-state index contributed by atoms with van der Waals surface area (Å²) in [6.45, 7) is 5.95. The average Bonchev–Trinajstić information content (AvgIpc) is 2.40. The maximum Gasteiger partial charge on any atom is 0.323 e. The zero-order valence-corrected chi connectivity index (χ0v) is 7.29. The molecule has 3 nitrogen and oxygen atoms in total. The van der Waals surface area contributed by atoms with Crippen LogP contribution >= 0.6 is 11.5 Å². The van der Waals surface area contributed by atoms with Crippen LogP contribution in [0.3, 0.4) is 0 Å². The summed E-state index contributed by atoms with van der Waals surface area (Å²) in [5, 5.41) is 0. The van der Waals surface area contributed by atoms with E-state index in [0.717, 1.165) is 23.8 Å². The van der Waals surface area contributed by atoms with E-state index in [0.29, 0.717) is 0 Å². The van der Waals surface area contributed by atoms with E-state index in [1.165, 1.54) is 0 Å². The Labute approximate surface area is 64.3 Å². The van der Waals surface area contributed by atoms with Crippen LogP contribution in [0.5, 0.6) is 0 Å². The SMILES string of the molecule is CC.CCc1nsc(=O)[nH]1. The highest BCUT2D eigenvalue weighted by molar-refractivity contribution is 7.02. The van der Waals surface area contributed by atoms with Crippen LogP contribution in [-0.2, 0) is 6.42 Å². The highest BCUT2D eigenvalue weighted by Crippen LogP contribution is 1.86. The van der Waals surface area contributed by atoms with Crippen LogP contribution in [0.1, 0.15) is 26.6 Å². The van der Waals surface area contributed by atoms with Gasteiger partial charge >= 0.3 is 4.87 Å². The first-order chi connectivity index (χ1) is 4.83. The first kappa shape index (κ1) is 9.36. The molecule has 0 unspecified atom stereocenters. The topological polar surface area (TPSA) is 45.8 Å². The van der Waals surface area contributed by atoms with Crippen molar-refractivity contribution < 1.29 is 0 Å². The van der Waals surface area contributed by atoms with Gasteiger partial charge in [-0.05, 0) is 0 Å². The fraction of sp³-hybridized carbons (Fsp3) is 0.667. The molecule has 4 heteroatoms. The zero-order chi connectivity index (χ0) is 7.98. The van der Waals surface area contributed by atoms with Crippen molar-refractivity contribution in [2.75, 3.05) is 0 Å². The first-order valence-corrected chi connectivity index (χ1v) is 4.15. The molecule has 0 aromatic carbocycles. The van der Waals surface area contributed by atoms with Crippen molar-refractivity contribution >= 4 is 11.5 Å². The van der Waals surface area contributed by atoms with Gasteiger partial charge in [0.25, 0.3) is 0 Å². The summed E-state index contributed by atoms with van der Waals surface area (Å²) < 4.78 is 3.81. The van der Waals surface area contributed by atoms with Crippen LogP contribution in [-0.4, -0.2) is 9.36 Å². The number of aromatic amines is 1. The number of hydrogen-bond donors (Lipinski definition) is 1. The van der Waals surface area contributed by atoms with Crippen LogP contribution in [0.25, 0.3) is 0 Å². The maximum absolute atomic E-state index is 10.3. The second kappa shape index (κ2) is 5.17. The van der Waals surface area contributed by atoms with Gasteiger partial charge < -0.3 is 0 Å². The molecule has 0 saturated carbocycles. The molecule has 1 N–H and O–H groups in total. The third kappa shape index (κ3) is 2.77. The summed E-state index contributed by atoms with van der Waals surface area (Å²) in [4.78, 5) is 12.9. The predicted octanol–water partition coefficient (Wildman–Crippen LogP) is 1.42. The molecule has 0 amide bonds. The number of nitrogens with zero attached hydrogens (tertiary/aromatic N) is 1. The zero-order valence-electron chi connectivity index (χ0n) is 6.47. The van der Waals surface area contributed by atoms with E-state index in [1.54, 1.807) is 0 Å². The summed E-state index contributed by atoms with van der Waals surface area (Å²) in [5.74, 6) is 0.778.